The summed E-state index contributed by atoms with van der Waals surface area (Å²) >= 11 is 0. The average Bonchev–Trinajstić information content (AvgIpc) is 2.31. The van der Waals surface area contributed by atoms with Crippen molar-refractivity contribution < 1.29 is 18.6 Å². The molecule has 6 heteroatoms. The molecule has 1 heterocycles. The number of phenols is 2. The van der Waals surface area contributed by atoms with E-state index in [4.69, 9.17) is 0 Å². The Morgan fingerprint density at radius 2 is 1.89 bits per heavy atom. The molecule has 1 fully saturated rings. The molecule has 2 rings (SSSR count). The number of phenolic OH excluding ortho intramolecular Hbond substituents is 2. The van der Waals surface area contributed by atoms with Crippen LogP contribution in [0.4, 0.5) is 0 Å². The molecule has 1 saturated heterocycles. The quantitative estimate of drug-likeness (QED) is 0.780. The number of nitrogens with one attached hydrogen (secondary N) is 1. The van der Waals surface area contributed by atoms with Crippen LogP contribution in [0.3, 0.4) is 0 Å². The Balaban J connectivity index is 2.00. The van der Waals surface area contributed by atoms with Crippen molar-refractivity contribution >= 4 is 9.84 Å². The summed E-state index contributed by atoms with van der Waals surface area (Å²) in [7, 11) is -2.85. The van der Waals surface area contributed by atoms with Gasteiger partial charge in [0.05, 0.1) is 11.5 Å². The fourth-order valence-corrected chi connectivity index (χ4v) is 3.89. The van der Waals surface area contributed by atoms with E-state index < -0.39 is 9.84 Å². The van der Waals surface area contributed by atoms with Gasteiger partial charge < -0.3 is 15.5 Å². The third-order valence-electron chi connectivity index (χ3n) is 3.52. The fraction of sp³-hybridized carbons (Fsp3) is 0.538. The van der Waals surface area contributed by atoms with E-state index >= 15 is 0 Å². The summed E-state index contributed by atoms with van der Waals surface area (Å²) < 4.78 is 22.7. The number of hydrogen-bond acceptors (Lipinski definition) is 5. The Labute approximate surface area is 113 Å². The standard InChI is InChI=1S/C13H19NO4S/c1-9(12-3-2-11(15)8-13(12)16)14-10-4-6-19(17,18)7-5-10/h2-3,8-10,14-16H,4-7H2,1H3. The second kappa shape index (κ2) is 5.38. The molecule has 1 aromatic rings. The number of sulfone groups is 1. The zero-order chi connectivity index (χ0) is 14.0. The van der Waals surface area contributed by atoms with E-state index in [1.165, 1.54) is 12.1 Å². The van der Waals surface area contributed by atoms with Gasteiger partial charge in [-0.3, -0.25) is 0 Å². The first-order valence-corrected chi connectivity index (χ1v) is 8.18. The van der Waals surface area contributed by atoms with Crippen molar-refractivity contribution in [2.75, 3.05) is 11.5 Å². The van der Waals surface area contributed by atoms with Crippen LogP contribution >= 0.6 is 0 Å². The molecular weight excluding hydrogens is 266 g/mol. The minimum atomic E-state index is -2.85. The molecule has 0 aliphatic carbocycles. The molecular formula is C13H19NO4S. The van der Waals surface area contributed by atoms with Crippen LogP contribution in [0.5, 0.6) is 11.5 Å². The van der Waals surface area contributed by atoms with Gasteiger partial charge in [-0.25, -0.2) is 8.42 Å². The Hall–Kier alpha value is -1.27. The first-order valence-electron chi connectivity index (χ1n) is 6.36. The van der Waals surface area contributed by atoms with Gasteiger partial charge in [-0.1, -0.05) is 6.07 Å². The average molecular weight is 285 g/mol. The number of benzene rings is 1. The van der Waals surface area contributed by atoms with E-state index in [1.807, 2.05) is 6.92 Å². The largest absolute Gasteiger partial charge is 0.508 e. The van der Waals surface area contributed by atoms with Crippen LogP contribution in [0.1, 0.15) is 31.4 Å². The summed E-state index contributed by atoms with van der Waals surface area (Å²) in [5, 5.41) is 22.4. The van der Waals surface area contributed by atoms with Gasteiger partial charge in [0.1, 0.15) is 21.3 Å². The highest BCUT2D eigenvalue weighted by molar-refractivity contribution is 7.91. The summed E-state index contributed by atoms with van der Waals surface area (Å²) in [6, 6.07) is 4.55. The van der Waals surface area contributed by atoms with Gasteiger partial charge in [-0.05, 0) is 25.8 Å². The van der Waals surface area contributed by atoms with Gasteiger partial charge in [0.2, 0.25) is 0 Å². The molecule has 1 unspecified atom stereocenters. The maximum absolute atomic E-state index is 11.3. The van der Waals surface area contributed by atoms with Crippen LogP contribution in [0.15, 0.2) is 18.2 Å². The molecule has 0 spiro atoms. The molecule has 0 aromatic heterocycles. The van der Waals surface area contributed by atoms with E-state index in [1.54, 1.807) is 6.07 Å². The van der Waals surface area contributed by atoms with Gasteiger partial charge in [0, 0.05) is 23.7 Å². The SMILES string of the molecule is CC(NC1CCS(=O)(=O)CC1)c1ccc(O)cc1O. The third kappa shape index (κ3) is 3.61. The lowest BCUT2D eigenvalue weighted by molar-refractivity contribution is 0.400. The van der Waals surface area contributed by atoms with Crippen molar-refractivity contribution in [3.05, 3.63) is 23.8 Å². The van der Waals surface area contributed by atoms with Gasteiger partial charge >= 0.3 is 0 Å². The minimum absolute atomic E-state index is 0.0252. The van der Waals surface area contributed by atoms with E-state index in [0.717, 1.165) is 0 Å². The zero-order valence-corrected chi connectivity index (χ0v) is 11.7. The van der Waals surface area contributed by atoms with Gasteiger partial charge in [-0.2, -0.15) is 0 Å². The van der Waals surface area contributed by atoms with Crippen LogP contribution in [-0.4, -0.2) is 36.2 Å². The molecule has 1 aromatic carbocycles. The molecule has 1 atom stereocenters. The lowest BCUT2D eigenvalue weighted by Gasteiger charge is -2.27. The van der Waals surface area contributed by atoms with Crippen LogP contribution in [-0.2, 0) is 9.84 Å². The molecule has 19 heavy (non-hydrogen) atoms. The Morgan fingerprint density at radius 1 is 1.26 bits per heavy atom. The molecule has 0 bridgehead atoms. The summed E-state index contributed by atoms with van der Waals surface area (Å²) in [6.07, 6.45) is 1.21. The lowest BCUT2D eigenvalue weighted by Crippen LogP contribution is -2.38. The summed E-state index contributed by atoms with van der Waals surface area (Å²) in [5.74, 6) is 0.512. The van der Waals surface area contributed by atoms with Crippen molar-refractivity contribution in [2.24, 2.45) is 0 Å². The molecule has 1 aliphatic rings. The van der Waals surface area contributed by atoms with E-state index in [9.17, 15) is 18.6 Å². The van der Waals surface area contributed by atoms with Crippen molar-refractivity contribution in [2.45, 2.75) is 31.8 Å². The smallest absolute Gasteiger partial charge is 0.150 e. The van der Waals surface area contributed by atoms with E-state index in [-0.39, 0.29) is 35.1 Å². The predicted octanol–water partition coefficient (Wildman–Crippen LogP) is 1.33. The highest BCUT2D eigenvalue weighted by Gasteiger charge is 2.25. The van der Waals surface area contributed by atoms with Gasteiger partial charge in [-0.15, -0.1) is 0 Å². The number of aromatic hydroxyl groups is 2. The minimum Gasteiger partial charge on any atom is -0.508 e. The fourth-order valence-electron chi connectivity index (χ4n) is 2.40. The van der Waals surface area contributed by atoms with E-state index in [0.29, 0.717) is 18.4 Å². The van der Waals surface area contributed by atoms with Gasteiger partial charge in [0.25, 0.3) is 0 Å². The van der Waals surface area contributed by atoms with Gasteiger partial charge in [0.15, 0.2) is 0 Å². The first kappa shape index (κ1) is 14.1. The Kier molecular flexibility index (Phi) is 4.01. The second-order valence-corrected chi connectivity index (χ2v) is 7.36. The topological polar surface area (TPSA) is 86.6 Å². The summed E-state index contributed by atoms with van der Waals surface area (Å²) in [6.45, 7) is 1.91. The molecule has 106 valence electrons. The van der Waals surface area contributed by atoms with Crippen molar-refractivity contribution in [3.63, 3.8) is 0 Å². The normalized spacial score (nSPS) is 21.1. The van der Waals surface area contributed by atoms with Crippen LogP contribution in [0.25, 0.3) is 0 Å². The number of rotatable bonds is 3. The van der Waals surface area contributed by atoms with Crippen molar-refractivity contribution in [1.29, 1.82) is 0 Å². The molecule has 5 nitrogen and oxygen atoms in total. The first-order chi connectivity index (χ1) is 8.87. The Bertz CT molecular complexity index is 542. The zero-order valence-electron chi connectivity index (χ0n) is 10.8. The highest BCUT2D eigenvalue weighted by atomic mass is 32.2. The van der Waals surface area contributed by atoms with Crippen LogP contribution in [0.2, 0.25) is 0 Å². The van der Waals surface area contributed by atoms with Crippen molar-refractivity contribution in [1.82, 2.24) is 5.32 Å². The summed E-state index contributed by atoms with van der Waals surface area (Å²) in [5.41, 5.74) is 0.700. The third-order valence-corrected chi connectivity index (χ3v) is 5.24. The maximum Gasteiger partial charge on any atom is 0.150 e. The van der Waals surface area contributed by atoms with E-state index in [2.05, 4.69) is 5.32 Å². The van der Waals surface area contributed by atoms with Crippen LogP contribution < -0.4 is 5.32 Å². The lowest BCUT2D eigenvalue weighted by atomic mass is 10.0. The van der Waals surface area contributed by atoms with Crippen LogP contribution in [0, 0.1) is 0 Å². The second-order valence-electron chi connectivity index (χ2n) is 5.06. The molecule has 0 radical (unpaired) electrons. The Morgan fingerprint density at radius 3 is 2.47 bits per heavy atom. The molecule has 3 N–H and O–H groups in total. The highest BCUT2D eigenvalue weighted by Crippen LogP contribution is 2.28. The molecule has 1 aliphatic heterocycles. The molecule has 0 saturated carbocycles. The molecule has 0 amide bonds. The summed E-state index contributed by atoms with van der Waals surface area (Å²) in [4.78, 5) is 0. The maximum atomic E-state index is 11.3. The predicted molar refractivity (Wildman–Crippen MR) is 73.0 cm³/mol. The number of hydrogen-bond donors (Lipinski definition) is 3. The van der Waals surface area contributed by atoms with Crippen molar-refractivity contribution in [3.8, 4) is 11.5 Å². The monoisotopic (exact) mass is 285 g/mol.